The van der Waals surface area contributed by atoms with Gasteiger partial charge in [0.25, 0.3) is 0 Å². The molecule has 0 atom stereocenters. The first kappa shape index (κ1) is 21.7. The van der Waals surface area contributed by atoms with Gasteiger partial charge >= 0.3 is 5.97 Å². The number of anilines is 1. The number of nitrogens with zero attached hydrogens (tertiary/aromatic N) is 4. The molecule has 4 heterocycles. The van der Waals surface area contributed by atoms with Crippen LogP contribution in [-0.4, -0.2) is 45.2 Å². The summed E-state index contributed by atoms with van der Waals surface area (Å²) >= 11 is 6.57. The molecule has 0 saturated heterocycles. The Labute approximate surface area is 187 Å². The number of methoxy groups -OCH3 is 2. The van der Waals surface area contributed by atoms with Crippen molar-refractivity contribution in [3.05, 3.63) is 51.2 Å². The minimum absolute atomic E-state index is 0.0771. The molecule has 0 aliphatic heterocycles. The average Bonchev–Trinajstić information content (AvgIpc) is 2.76. The molecule has 11 heteroatoms. The second-order valence-electron chi connectivity index (χ2n) is 5.76. The van der Waals surface area contributed by atoms with Gasteiger partial charge in [-0.1, -0.05) is 0 Å². The van der Waals surface area contributed by atoms with Crippen LogP contribution >= 0.6 is 31.9 Å². The minimum Gasteiger partial charge on any atom is -0.481 e. The lowest BCUT2D eigenvalue weighted by molar-refractivity contribution is 0.0695. The first-order valence-electron chi connectivity index (χ1n) is 8.33. The summed E-state index contributed by atoms with van der Waals surface area (Å²) in [5.74, 6) is -0.0889. The molecule has 0 aliphatic carbocycles. The molecule has 0 fully saturated rings. The fourth-order valence-electron chi connectivity index (χ4n) is 2.43. The van der Waals surface area contributed by atoms with Gasteiger partial charge < -0.3 is 20.3 Å². The van der Waals surface area contributed by atoms with Crippen LogP contribution in [0, 0.1) is 0 Å². The van der Waals surface area contributed by atoms with Crippen molar-refractivity contribution >= 4 is 65.6 Å². The number of hydrogen-bond acceptors (Lipinski definition) is 8. The lowest BCUT2D eigenvalue weighted by Gasteiger charge is -2.04. The van der Waals surface area contributed by atoms with E-state index in [1.165, 1.54) is 13.3 Å². The summed E-state index contributed by atoms with van der Waals surface area (Å²) in [6.45, 7) is 0. The summed E-state index contributed by atoms with van der Waals surface area (Å²) in [6, 6.07) is 6.99. The molecule has 0 spiro atoms. The van der Waals surface area contributed by atoms with Gasteiger partial charge in [-0.05, 0) is 44.0 Å². The standard InChI is InChI=1S/C10H7BrN2O3.C9H8BrN3O/c1-16-7-3-2-6-9(13-7)8(11)5(4-12-6)10(14)15;1-14-7-3-2-6-9(13-7)8(10)5(11)4-12-6/h2-4H,1H3,(H,14,15);2-4H,11H2,1H3. The first-order chi connectivity index (χ1) is 14.3. The van der Waals surface area contributed by atoms with E-state index in [4.69, 9.17) is 20.3 Å². The van der Waals surface area contributed by atoms with Crippen LogP contribution in [0.15, 0.2) is 45.6 Å². The Morgan fingerprint density at radius 3 is 1.90 bits per heavy atom. The highest BCUT2D eigenvalue weighted by atomic mass is 79.9. The first-order valence-corrected chi connectivity index (χ1v) is 9.91. The van der Waals surface area contributed by atoms with Crippen molar-refractivity contribution in [1.82, 2.24) is 19.9 Å². The van der Waals surface area contributed by atoms with Crippen molar-refractivity contribution in [1.29, 1.82) is 0 Å². The molecule has 0 aliphatic rings. The van der Waals surface area contributed by atoms with Gasteiger partial charge in [0.05, 0.1) is 51.6 Å². The summed E-state index contributed by atoms with van der Waals surface area (Å²) in [7, 11) is 3.07. The largest absolute Gasteiger partial charge is 0.481 e. The Morgan fingerprint density at radius 2 is 1.40 bits per heavy atom. The molecule has 0 aromatic carbocycles. The second kappa shape index (κ2) is 9.18. The van der Waals surface area contributed by atoms with E-state index in [1.54, 1.807) is 31.5 Å². The maximum Gasteiger partial charge on any atom is 0.338 e. The van der Waals surface area contributed by atoms with Gasteiger partial charge in [-0.2, -0.15) is 0 Å². The lowest BCUT2D eigenvalue weighted by atomic mass is 10.2. The number of nitrogen functional groups attached to an aromatic ring is 1. The molecule has 4 aromatic heterocycles. The van der Waals surface area contributed by atoms with Crippen LogP contribution in [0.3, 0.4) is 0 Å². The Bertz CT molecular complexity index is 1250. The molecule has 4 rings (SSSR count). The summed E-state index contributed by atoms with van der Waals surface area (Å²) in [4.78, 5) is 27.4. The summed E-state index contributed by atoms with van der Waals surface area (Å²) in [5.41, 5.74) is 8.91. The number of aromatic nitrogens is 4. The van der Waals surface area contributed by atoms with Crippen molar-refractivity contribution < 1.29 is 19.4 Å². The van der Waals surface area contributed by atoms with Gasteiger partial charge in [0.15, 0.2) is 0 Å². The molecule has 9 nitrogen and oxygen atoms in total. The quantitative estimate of drug-likeness (QED) is 0.397. The minimum atomic E-state index is -1.05. The van der Waals surface area contributed by atoms with Crippen molar-refractivity contribution in [3.8, 4) is 11.8 Å². The van der Waals surface area contributed by atoms with Gasteiger partial charge in [0.1, 0.15) is 11.0 Å². The number of carboxylic acids is 1. The monoisotopic (exact) mass is 535 g/mol. The zero-order chi connectivity index (χ0) is 21.8. The predicted molar refractivity (Wildman–Crippen MR) is 119 cm³/mol. The number of rotatable bonds is 3. The fourth-order valence-corrected chi connectivity index (χ4v) is 3.38. The second-order valence-corrected chi connectivity index (χ2v) is 7.35. The summed E-state index contributed by atoms with van der Waals surface area (Å²) in [5, 5.41) is 8.92. The molecular weight excluding hydrogens is 522 g/mol. The van der Waals surface area contributed by atoms with Crippen LogP contribution in [-0.2, 0) is 0 Å². The van der Waals surface area contributed by atoms with Crippen LogP contribution < -0.4 is 15.2 Å². The van der Waals surface area contributed by atoms with E-state index in [2.05, 4.69) is 51.8 Å². The third-order valence-corrected chi connectivity index (χ3v) is 5.56. The third kappa shape index (κ3) is 4.41. The van der Waals surface area contributed by atoms with Gasteiger partial charge in [-0.15, -0.1) is 0 Å². The van der Waals surface area contributed by atoms with E-state index in [0.29, 0.717) is 38.5 Å². The number of hydrogen-bond donors (Lipinski definition) is 2. The number of carboxylic acid groups (broad SMARTS) is 1. The molecule has 0 bridgehead atoms. The van der Waals surface area contributed by atoms with Crippen LogP contribution in [0.5, 0.6) is 11.8 Å². The summed E-state index contributed by atoms with van der Waals surface area (Å²) < 4.78 is 11.1. The zero-order valence-electron chi connectivity index (χ0n) is 15.8. The summed E-state index contributed by atoms with van der Waals surface area (Å²) in [6.07, 6.45) is 2.89. The van der Waals surface area contributed by atoms with E-state index in [9.17, 15) is 4.79 Å². The molecule has 0 saturated carbocycles. The van der Waals surface area contributed by atoms with Gasteiger partial charge in [0.2, 0.25) is 11.8 Å². The topological polar surface area (TPSA) is 133 Å². The Kier molecular flexibility index (Phi) is 6.63. The number of ether oxygens (including phenoxy) is 2. The molecule has 0 unspecified atom stereocenters. The predicted octanol–water partition coefficient (Wildman–Crippen LogP) is 4.08. The van der Waals surface area contributed by atoms with Gasteiger partial charge in [-0.25, -0.2) is 14.8 Å². The lowest BCUT2D eigenvalue weighted by Crippen LogP contribution is -2.00. The van der Waals surface area contributed by atoms with Crippen LogP contribution in [0.2, 0.25) is 0 Å². The van der Waals surface area contributed by atoms with E-state index in [1.807, 2.05) is 6.07 Å². The van der Waals surface area contributed by atoms with Crippen LogP contribution in [0.25, 0.3) is 22.1 Å². The molecule has 4 aromatic rings. The van der Waals surface area contributed by atoms with Crippen molar-refractivity contribution in [2.45, 2.75) is 0 Å². The normalized spacial score (nSPS) is 10.4. The Hall–Kier alpha value is -3.05. The zero-order valence-corrected chi connectivity index (χ0v) is 18.9. The smallest absolute Gasteiger partial charge is 0.338 e. The van der Waals surface area contributed by atoms with Crippen LogP contribution in [0.4, 0.5) is 5.69 Å². The molecule has 30 heavy (non-hydrogen) atoms. The van der Waals surface area contributed by atoms with Gasteiger partial charge in [0, 0.05) is 18.3 Å². The van der Waals surface area contributed by atoms with Crippen molar-refractivity contribution in [3.63, 3.8) is 0 Å². The van der Waals surface area contributed by atoms with Crippen molar-refractivity contribution in [2.24, 2.45) is 0 Å². The van der Waals surface area contributed by atoms with Crippen molar-refractivity contribution in [2.75, 3.05) is 20.0 Å². The van der Waals surface area contributed by atoms with E-state index in [-0.39, 0.29) is 5.56 Å². The molecular formula is C19H15Br2N5O4. The maximum absolute atomic E-state index is 10.9. The SMILES string of the molecule is COc1ccc2ncc(C(=O)O)c(Br)c2n1.COc1ccc2ncc(N)c(Br)c2n1. The third-order valence-electron chi connectivity index (χ3n) is 3.93. The molecule has 0 amide bonds. The number of pyridine rings is 4. The Balaban J connectivity index is 0.000000172. The molecule has 154 valence electrons. The highest BCUT2D eigenvalue weighted by Crippen LogP contribution is 2.28. The van der Waals surface area contributed by atoms with E-state index < -0.39 is 5.97 Å². The number of halogens is 2. The number of nitrogens with two attached hydrogens (primary N) is 1. The molecule has 3 N–H and O–H groups in total. The van der Waals surface area contributed by atoms with E-state index >= 15 is 0 Å². The number of aromatic carboxylic acids is 1. The Morgan fingerprint density at radius 1 is 0.900 bits per heavy atom. The van der Waals surface area contributed by atoms with Gasteiger partial charge in [-0.3, -0.25) is 9.97 Å². The molecule has 0 radical (unpaired) electrons. The number of fused-ring (bicyclic) bond motifs is 2. The average molecular weight is 537 g/mol. The fraction of sp³-hybridized carbons (Fsp3) is 0.105. The maximum atomic E-state index is 10.9. The van der Waals surface area contributed by atoms with E-state index in [0.717, 1.165) is 9.99 Å². The highest BCUT2D eigenvalue weighted by Gasteiger charge is 2.13. The van der Waals surface area contributed by atoms with Crippen LogP contribution in [0.1, 0.15) is 10.4 Å². The number of carbonyl (C=O) groups is 1. The highest BCUT2D eigenvalue weighted by molar-refractivity contribution is 9.11.